The number of rotatable bonds is 7. The lowest BCUT2D eigenvalue weighted by Gasteiger charge is -2.10. The van der Waals surface area contributed by atoms with Gasteiger partial charge in [0.05, 0.1) is 8.22 Å². The molecule has 10 aromatic rings. The van der Waals surface area contributed by atoms with E-state index in [4.69, 9.17) is 23.5 Å². The van der Waals surface area contributed by atoms with Crippen molar-refractivity contribution in [3.63, 3.8) is 0 Å². The van der Waals surface area contributed by atoms with Crippen molar-refractivity contribution in [1.82, 2.24) is 15.0 Å². The molecular formula is C51H33N3O. The first kappa shape index (κ1) is 26.4. The van der Waals surface area contributed by atoms with Gasteiger partial charge in [0.1, 0.15) is 11.2 Å². The molecule has 2 heterocycles. The van der Waals surface area contributed by atoms with E-state index in [0.717, 1.165) is 33.4 Å². The normalized spacial score (nSPS) is 12.8. The van der Waals surface area contributed by atoms with Gasteiger partial charge in [-0.3, -0.25) is 0 Å². The highest BCUT2D eigenvalue weighted by molar-refractivity contribution is 6.13. The minimum absolute atomic E-state index is 0.00955. The van der Waals surface area contributed by atoms with Gasteiger partial charge in [-0.25, -0.2) is 15.0 Å². The molecule has 4 nitrogen and oxygen atoms in total. The Morgan fingerprint density at radius 1 is 0.345 bits per heavy atom. The summed E-state index contributed by atoms with van der Waals surface area (Å²) < 4.78 is 61.4. The van der Waals surface area contributed by atoms with E-state index in [1.807, 2.05) is 164 Å². The molecule has 0 bridgehead atoms. The first-order valence-corrected chi connectivity index (χ1v) is 17.9. The lowest BCUT2D eigenvalue weighted by molar-refractivity contribution is 0.669. The zero-order valence-electron chi connectivity index (χ0n) is 35.3. The molecular weight excluding hydrogens is 671 g/mol. The predicted octanol–water partition coefficient (Wildman–Crippen LogP) is 13.4. The number of furan rings is 1. The van der Waals surface area contributed by atoms with Gasteiger partial charge in [-0.1, -0.05) is 182 Å². The molecule has 0 radical (unpaired) electrons. The molecule has 0 fully saturated rings. The van der Waals surface area contributed by atoms with Crippen molar-refractivity contribution in [2.24, 2.45) is 0 Å². The molecule has 0 spiro atoms. The maximum atomic E-state index is 9.57. The monoisotopic (exact) mass is 709 g/mol. The number of fused-ring (bicyclic) bond motifs is 3. The van der Waals surface area contributed by atoms with E-state index in [1.165, 1.54) is 0 Å². The molecule has 0 atom stereocenters. The smallest absolute Gasteiger partial charge is 0.164 e. The van der Waals surface area contributed by atoms with Crippen LogP contribution in [0.15, 0.2) is 204 Å². The Hall–Kier alpha value is -7.43. The topological polar surface area (TPSA) is 51.8 Å². The molecule has 0 saturated carbocycles. The highest BCUT2D eigenvalue weighted by atomic mass is 16.3. The zero-order chi connectivity index (χ0) is 41.8. The maximum absolute atomic E-state index is 9.57. The van der Waals surface area contributed by atoms with Crippen LogP contribution in [0, 0.1) is 0 Å². The second-order valence-corrected chi connectivity index (χ2v) is 13.1. The van der Waals surface area contributed by atoms with E-state index >= 15 is 0 Å². The summed E-state index contributed by atoms with van der Waals surface area (Å²) in [5.41, 5.74) is 8.21. The number of hydrogen-bond acceptors (Lipinski definition) is 4. The van der Waals surface area contributed by atoms with E-state index < -0.39 is 0 Å². The summed E-state index contributed by atoms with van der Waals surface area (Å²) >= 11 is 0. The third-order valence-electron chi connectivity index (χ3n) is 9.71. The quantitative estimate of drug-likeness (QED) is 0.165. The second-order valence-electron chi connectivity index (χ2n) is 13.1. The first-order valence-electron chi connectivity index (χ1n) is 20.9. The predicted molar refractivity (Wildman–Crippen MR) is 225 cm³/mol. The van der Waals surface area contributed by atoms with Gasteiger partial charge < -0.3 is 4.42 Å². The molecule has 0 unspecified atom stereocenters. The van der Waals surface area contributed by atoms with Gasteiger partial charge >= 0.3 is 0 Å². The first-order chi connectivity index (χ1) is 29.7. The number of aromatic nitrogens is 3. The molecule has 0 aliphatic heterocycles. The van der Waals surface area contributed by atoms with E-state index in [2.05, 4.69) is 0 Å². The van der Waals surface area contributed by atoms with E-state index in [1.54, 1.807) is 0 Å². The van der Waals surface area contributed by atoms with Crippen molar-refractivity contribution in [2.45, 2.75) is 0 Å². The Bertz CT molecular complexity index is 3170. The van der Waals surface area contributed by atoms with Crippen LogP contribution in [0.2, 0.25) is 0 Å². The number of nitrogens with zero attached hydrogens (tertiary/aromatic N) is 3. The lowest BCUT2D eigenvalue weighted by Crippen LogP contribution is -2.00. The van der Waals surface area contributed by atoms with Crippen LogP contribution in [-0.4, -0.2) is 15.0 Å². The van der Waals surface area contributed by atoms with Crippen LogP contribution in [0.25, 0.3) is 101 Å². The van der Waals surface area contributed by atoms with Gasteiger partial charge in [-0.05, 0) is 62.6 Å². The van der Waals surface area contributed by atoms with Crippen LogP contribution in [0.4, 0.5) is 0 Å². The summed E-state index contributed by atoms with van der Waals surface area (Å²) in [7, 11) is 0. The number of benzene rings is 8. The van der Waals surface area contributed by atoms with Crippen LogP contribution < -0.4 is 0 Å². The SMILES string of the molecule is [2H]c1c([2H])c(-c2ccc(-c3ccccc3)cc2)c2c(oc3c([2H])c(-c4nc(-c5ccc(-c6ccccc6)cc5)nc(-c5ccc(-c6ccccc6)cc5)n4)c([2H])c([2H])c32)c1[2H]. The Morgan fingerprint density at radius 3 is 1.22 bits per heavy atom. The fourth-order valence-corrected chi connectivity index (χ4v) is 6.87. The fraction of sp³-hybridized carbons (Fsp3) is 0. The Balaban J connectivity index is 1.16. The van der Waals surface area contributed by atoms with Crippen molar-refractivity contribution >= 4 is 21.9 Å². The maximum Gasteiger partial charge on any atom is 0.164 e. The summed E-state index contributed by atoms with van der Waals surface area (Å²) in [5.74, 6) is 0.638. The molecule has 8 aromatic carbocycles. The van der Waals surface area contributed by atoms with Crippen LogP contribution in [0.5, 0.6) is 0 Å². The highest BCUT2D eigenvalue weighted by Crippen LogP contribution is 2.39. The largest absolute Gasteiger partial charge is 0.456 e. The van der Waals surface area contributed by atoms with Crippen LogP contribution >= 0.6 is 0 Å². The van der Waals surface area contributed by atoms with Crippen molar-refractivity contribution in [3.05, 3.63) is 200 Å². The molecule has 55 heavy (non-hydrogen) atoms. The molecule has 4 heteroatoms. The Labute approximate surface area is 327 Å². The van der Waals surface area contributed by atoms with Gasteiger partial charge in [-0.15, -0.1) is 0 Å². The molecule has 0 N–H and O–H groups in total. The molecule has 258 valence electrons. The lowest BCUT2D eigenvalue weighted by atomic mass is 9.96. The minimum Gasteiger partial charge on any atom is -0.456 e. The van der Waals surface area contributed by atoms with Crippen molar-refractivity contribution in [3.8, 4) is 78.7 Å². The second kappa shape index (κ2) is 13.8. The summed E-state index contributed by atoms with van der Waals surface area (Å²) in [6, 6.07) is 51.3. The highest BCUT2D eigenvalue weighted by Gasteiger charge is 2.17. The van der Waals surface area contributed by atoms with Crippen molar-refractivity contribution < 1.29 is 12.6 Å². The van der Waals surface area contributed by atoms with Crippen LogP contribution in [0.3, 0.4) is 0 Å². The Kier molecular flexibility index (Phi) is 6.63. The Morgan fingerprint density at radius 2 is 0.745 bits per heavy atom. The summed E-state index contributed by atoms with van der Waals surface area (Å²) in [4.78, 5) is 14.6. The molecule has 2 aromatic heterocycles. The third-order valence-corrected chi connectivity index (χ3v) is 9.71. The van der Waals surface area contributed by atoms with Crippen molar-refractivity contribution in [1.29, 1.82) is 0 Å². The molecule has 0 saturated heterocycles. The molecule has 10 rings (SSSR count). The molecule has 0 amide bonds. The summed E-state index contributed by atoms with van der Waals surface area (Å²) in [5, 5.41) is 0.349. The zero-order valence-corrected chi connectivity index (χ0v) is 29.3. The average Bonchev–Trinajstić information content (AvgIpc) is 3.72. The standard InChI is InChI=1S/C51H33N3O/c1-4-11-34(12-5-1)37-19-25-40(26-20-37)44-17-10-18-46-48(44)45-32-31-43(33-47(45)55-46)51-53-49(41-27-21-38(22-28-41)35-13-6-2-7-14-35)52-50(54-51)42-29-23-39(24-30-42)36-15-8-3-9-16-36/h1-33H/i10D,17D,18D,31D,32D,33D. The fourth-order valence-electron chi connectivity index (χ4n) is 6.87. The molecule has 0 aliphatic rings. The summed E-state index contributed by atoms with van der Waals surface area (Å²) in [6.45, 7) is 0. The van der Waals surface area contributed by atoms with Crippen molar-refractivity contribution in [2.75, 3.05) is 0 Å². The van der Waals surface area contributed by atoms with E-state index in [0.29, 0.717) is 28.3 Å². The van der Waals surface area contributed by atoms with Crippen LogP contribution in [0.1, 0.15) is 8.22 Å². The van der Waals surface area contributed by atoms with Crippen LogP contribution in [-0.2, 0) is 0 Å². The van der Waals surface area contributed by atoms with Gasteiger partial charge in [-0.2, -0.15) is 0 Å². The number of hydrogen-bond donors (Lipinski definition) is 0. The van der Waals surface area contributed by atoms with Gasteiger partial charge in [0.15, 0.2) is 17.5 Å². The van der Waals surface area contributed by atoms with Gasteiger partial charge in [0.25, 0.3) is 0 Å². The third kappa shape index (κ3) is 6.26. The summed E-state index contributed by atoms with van der Waals surface area (Å²) in [6.07, 6.45) is 0. The average molecular weight is 710 g/mol. The minimum atomic E-state index is -0.346. The van der Waals surface area contributed by atoms with E-state index in [9.17, 15) is 4.11 Å². The van der Waals surface area contributed by atoms with E-state index in [-0.39, 0.29) is 75.1 Å². The van der Waals surface area contributed by atoms with Gasteiger partial charge in [0.2, 0.25) is 0 Å². The molecule has 0 aliphatic carbocycles. The van der Waals surface area contributed by atoms with Gasteiger partial charge in [0, 0.05) is 27.5 Å².